The molecule has 1 aromatic rings. The topological polar surface area (TPSA) is 46.2 Å². The molecular formula is C14H18F3NO. The Kier molecular flexibility index (Phi) is 3.87. The van der Waals surface area contributed by atoms with E-state index in [9.17, 15) is 18.3 Å². The van der Waals surface area contributed by atoms with Gasteiger partial charge in [-0.05, 0) is 29.9 Å². The van der Waals surface area contributed by atoms with Gasteiger partial charge in [-0.15, -0.1) is 0 Å². The van der Waals surface area contributed by atoms with E-state index < -0.39 is 23.8 Å². The second kappa shape index (κ2) is 5.13. The maximum Gasteiger partial charge on any atom is 0.416 e. The van der Waals surface area contributed by atoms with Crippen LogP contribution in [0.2, 0.25) is 0 Å². The minimum atomic E-state index is -4.37. The molecule has 0 saturated heterocycles. The Morgan fingerprint density at radius 3 is 2.53 bits per heavy atom. The summed E-state index contributed by atoms with van der Waals surface area (Å²) in [6.45, 7) is 2.17. The second-order valence-corrected chi connectivity index (χ2v) is 5.33. The van der Waals surface area contributed by atoms with Crippen LogP contribution < -0.4 is 5.73 Å². The van der Waals surface area contributed by atoms with Crippen LogP contribution in [0.15, 0.2) is 24.3 Å². The van der Waals surface area contributed by atoms with Crippen LogP contribution in [-0.4, -0.2) is 17.8 Å². The van der Waals surface area contributed by atoms with Crippen molar-refractivity contribution in [3.8, 4) is 0 Å². The smallest absolute Gasteiger partial charge is 0.392 e. The van der Waals surface area contributed by atoms with E-state index in [0.29, 0.717) is 11.5 Å². The van der Waals surface area contributed by atoms with Gasteiger partial charge in [0.25, 0.3) is 0 Å². The van der Waals surface area contributed by atoms with Crippen LogP contribution in [0.25, 0.3) is 0 Å². The Morgan fingerprint density at radius 1 is 1.42 bits per heavy atom. The molecule has 1 aromatic carbocycles. The van der Waals surface area contributed by atoms with Crippen LogP contribution in [0.5, 0.6) is 0 Å². The molecule has 2 nitrogen and oxygen atoms in total. The molecule has 0 amide bonds. The van der Waals surface area contributed by atoms with Crippen molar-refractivity contribution in [2.75, 3.05) is 6.54 Å². The molecule has 3 N–H and O–H groups in total. The Hall–Kier alpha value is -1.07. The Labute approximate surface area is 110 Å². The van der Waals surface area contributed by atoms with Crippen LogP contribution in [0.3, 0.4) is 0 Å². The number of nitrogens with two attached hydrogens (primary N) is 1. The van der Waals surface area contributed by atoms with Crippen molar-refractivity contribution in [3.63, 3.8) is 0 Å². The van der Waals surface area contributed by atoms with Gasteiger partial charge in [0, 0.05) is 12.5 Å². The molecule has 0 heterocycles. The van der Waals surface area contributed by atoms with E-state index in [1.807, 2.05) is 6.92 Å². The molecule has 19 heavy (non-hydrogen) atoms. The lowest BCUT2D eigenvalue weighted by Gasteiger charge is -2.23. The lowest BCUT2D eigenvalue weighted by atomic mass is 9.89. The normalized spacial score (nSPS) is 26.0. The maximum atomic E-state index is 12.7. The third-order valence-corrected chi connectivity index (χ3v) is 3.92. The van der Waals surface area contributed by atoms with E-state index in [1.54, 1.807) is 6.07 Å². The summed E-state index contributed by atoms with van der Waals surface area (Å²) in [5.74, 6) is 0.148. The molecule has 0 aliphatic heterocycles. The predicted octanol–water partition coefficient (Wildman–Crippen LogP) is 2.76. The molecule has 2 rings (SSSR count). The van der Waals surface area contributed by atoms with Crippen molar-refractivity contribution >= 4 is 0 Å². The summed E-state index contributed by atoms with van der Waals surface area (Å²) >= 11 is 0. The fraction of sp³-hybridized carbons (Fsp3) is 0.571. The standard InChI is InChI=1S/C14H18F3NO/c1-8-5-11(8)13(19)12(7-18)9-3-2-4-10(6-9)14(15,16)17/h2-4,6,8,11-13,19H,5,7,18H2,1H3. The van der Waals surface area contributed by atoms with Crippen LogP contribution in [0, 0.1) is 11.8 Å². The van der Waals surface area contributed by atoms with Gasteiger partial charge in [0.15, 0.2) is 0 Å². The molecule has 1 saturated carbocycles. The summed E-state index contributed by atoms with van der Waals surface area (Å²) in [5, 5.41) is 10.2. The highest BCUT2D eigenvalue weighted by atomic mass is 19.4. The number of alkyl halides is 3. The summed E-state index contributed by atoms with van der Waals surface area (Å²) in [4.78, 5) is 0. The minimum Gasteiger partial charge on any atom is -0.392 e. The van der Waals surface area contributed by atoms with Crippen LogP contribution in [0.4, 0.5) is 13.2 Å². The minimum absolute atomic E-state index is 0.145. The average Bonchev–Trinajstić information content (AvgIpc) is 3.06. The van der Waals surface area contributed by atoms with Gasteiger partial charge in [-0.25, -0.2) is 0 Å². The van der Waals surface area contributed by atoms with Crippen molar-refractivity contribution < 1.29 is 18.3 Å². The highest BCUT2D eigenvalue weighted by Crippen LogP contribution is 2.45. The molecule has 0 aromatic heterocycles. The summed E-state index contributed by atoms with van der Waals surface area (Å²) in [5.41, 5.74) is 5.40. The molecule has 5 heteroatoms. The lowest BCUT2D eigenvalue weighted by Crippen LogP contribution is -2.28. The first-order valence-electron chi connectivity index (χ1n) is 6.40. The number of hydrogen-bond acceptors (Lipinski definition) is 2. The van der Waals surface area contributed by atoms with Gasteiger partial charge in [0.2, 0.25) is 0 Å². The van der Waals surface area contributed by atoms with Gasteiger partial charge in [-0.2, -0.15) is 13.2 Å². The molecule has 1 aliphatic carbocycles. The number of benzene rings is 1. The van der Waals surface area contributed by atoms with E-state index in [-0.39, 0.29) is 12.5 Å². The van der Waals surface area contributed by atoms with Gasteiger partial charge in [-0.1, -0.05) is 25.1 Å². The summed E-state index contributed by atoms with van der Waals surface area (Å²) in [6.07, 6.45) is -4.12. The summed E-state index contributed by atoms with van der Waals surface area (Å²) in [7, 11) is 0. The molecule has 4 unspecified atom stereocenters. The van der Waals surface area contributed by atoms with E-state index in [1.165, 1.54) is 6.07 Å². The Bertz CT molecular complexity index is 447. The van der Waals surface area contributed by atoms with Gasteiger partial charge in [0.05, 0.1) is 11.7 Å². The van der Waals surface area contributed by atoms with Crippen molar-refractivity contribution in [2.24, 2.45) is 17.6 Å². The number of aliphatic hydroxyl groups is 1. The zero-order valence-corrected chi connectivity index (χ0v) is 10.7. The number of halogens is 3. The predicted molar refractivity (Wildman–Crippen MR) is 66.5 cm³/mol. The Morgan fingerprint density at radius 2 is 2.05 bits per heavy atom. The van der Waals surface area contributed by atoms with Crippen molar-refractivity contribution in [3.05, 3.63) is 35.4 Å². The van der Waals surface area contributed by atoms with E-state index in [2.05, 4.69) is 0 Å². The first-order chi connectivity index (χ1) is 8.84. The SMILES string of the molecule is CC1CC1C(O)C(CN)c1cccc(C(F)(F)F)c1. The monoisotopic (exact) mass is 273 g/mol. The van der Waals surface area contributed by atoms with E-state index in [4.69, 9.17) is 5.73 Å². The summed E-state index contributed by atoms with van der Waals surface area (Å²) < 4.78 is 38.0. The highest BCUT2D eigenvalue weighted by molar-refractivity contribution is 5.29. The van der Waals surface area contributed by atoms with Gasteiger partial charge < -0.3 is 10.8 Å². The highest BCUT2D eigenvalue weighted by Gasteiger charge is 2.42. The van der Waals surface area contributed by atoms with Crippen LogP contribution in [-0.2, 0) is 6.18 Å². The number of rotatable bonds is 4. The molecule has 0 spiro atoms. The van der Waals surface area contributed by atoms with E-state index >= 15 is 0 Å². The zero-order valence-electron chi connectivity index (χ0n) is 10.7. The van der Waals surface area contributed by atoms with E-state index in [0.717, 1.165) is 18.6 Å². The second-order valence-electron chi connectivity index (χ2n) is 5.33. The van der Waals surface area contributed by atoms with Gasteiger partial charge >= 0.3 is 6.18 Å². The third kappa shape index (κ3) is 3.09. The largest absolute Gasteiger partial charge is 0.416 e. The first-order valence-corrected chi connectivity index (χ1v) is 6.40. The summed E-state index contributed by atoms with van der Waals surface area (Å²) in [6, 6.07) is 5.09. The quantitative estimate of drug-likeness (QED) is 0.886. The zero-order chi connectivity index (χ0) is 14.2. The average molecular weight is 273 g/mol. The third-order valence-electron chi connectivity index (χ3n) is 3.92. The van der Waals surface area contributed by atoms with Crippen molar-refractivity contribution in [1.29, 1.82) is 0 Å². The number of aliphatic hydroxyl groups excluding tert-OH is 1. The maximum absolute atomic E-state index is 12.7. The Balaban J connectivity index is 2.23. The number of hydrogen-bond donors (Lipinski definition) is 2. The molecule has 4 atom stereocenters. The molecule has 1 fully saturated rings. The molecule has 0 radical (unpaired) electrons. The molecule has 106 valence electrons. The van der Waals surface area contributed by atoms with Crippen molar-refractivity contribution in [1.82, 2.24) is 0 Å². The lowest BCUT2D eigenvalue weighted by molar-refractivity contribution is -0.137. The van der Waals surface area contributed by atoms with Crippen LogP contribution in [0.1, 0.15) is 30.4 Å². The molecule has 1 aliphatic rings. The molecule has 0 bridgehead atoms. The fourth-order valence-corrected chi connectivity index (χ4v) is 2.54. The van der Waals surface area contributed by atoms with Crippen LogP contribution >= 0.6 is 0 Å². The van der Waals surface area contributed by atoms with Gasteiger partial charge in [0.1, 0.15) is 0 Å². The molecular weight excluding hydrogens is 255 g/mol. The fourth-order valence-electron chi connectivity index (χ4n) is 2.54. The first kappa shape index (κ1) is 14.3. The van der Waals surface area contributed by atoms with Crippen molar-refractivity contribution in [2.45, 2.75) is 31.5 Å². The van der Waals surface area contributed by atoms with Gasteiger partial charge in [-0.3, -0.25) is 0 Å².